The van der Waals surface area contributed by atoms with E-state index in [1.807, 2.05) is 36.1 Å². The van der Waals surface area contributed by atoms with Gasteiger partial charge in [-0.2, -0.15) is 0 Å². The van der Waals surface area contributed by atoms with Crippen molar-refractivity contribution in [1.82, 2.24) is 4.90 Å². The van der Waals surface area contributed by atoms with Crippen molar-refractivity contribution < 1.29 is 9.90 Å². The Bertz CT molecular complexity index is 642. The maximum Gasteiger partial charge on any atom is 0.254 e. The van der Waals surface area contributed by atoms with E-state index in [1.165, 1.54) is 5.69 Å². The van der Waals surface area contributed by atoms with Crippen molar-refractivity contribution in [2.24, 2.45) is 0 Å². The maximum atomic E-state index is 12.5. The minimum absolute atomic E-state index is 0.00767. The van der Waals surface area contributed by atoms with Gasteiger partial charge in [-0.15, -0.1) is 0 Å². The summed E-state index contributed by atoms with van der Waals surface area (Å²) in [5, 5.41) is 9.65. The van der Waals surface area contributed by atoms with Gasteiger partial charge in [-0.05, 0) is 42.8 Å². The number of aryl methyl sites for hydroxylation is 1. The predicted octanol–water partition coefficient (Wildman–Crippen LogP) is 2.66. The van der Waals surface area contributed by atoms with Crippen molar-refractivity contribution in [1.29, 1.82) is 0 Å². The predicted molar refractivity (Wildman–Crippen MR) is 87.4 cm³/mol. The molecule has 4 nitrogen and oxygen atoms in total. The molecule has 0 spiro atoms. The summed E-state index contributed by atoms with van der Waals surface area (Å²) in [6.07, 6.45) is 0. The lowest BCUT2D eigenvalue weighted by molar-refractivity contribution is 0.0746. The van der Waals surface area contributed by atoms with Crippen LogP contribution in [0.1, 0.15) is 15.9 Å². The molecule has 1 saturated heterocycles. The summed E-state index contributed by atoms with van der Waals surface area (Å²) < 4.78 is 0. The second-order valence-corrected chi connectivity index (χ2v) is 5.67. The molecular formula is C18H20N2O2. The highest BCUT2D eigenvalue weighted by atomic mass is 16.3. The molecule has 1 fully saturated rings. The number of aromatic hydroxyl groups is 1. The monoisotopic (exact) mass is 296 g/mol. The Labute approximate surface area is 130 Å². The van der Waals surface area contributed by atoms with E-state index >= 15 is 0 Å². The topological polar surface area (TPSA) is 43.8 Å². The molecular weight excluding hydrogens is 276 g/mol. The first-order valence-electron chi connectivity index (χ1n) is 7.53. The summed E-state index contributed by atoms with van der Waals surface area (Å²) in [5.74, 6) is 0.137. The van der Waals surface area contributed by atoms with Gasteiger partial charge in [0, 0.05) is 37.4 Å². The number of carbonyl (C=O) groups is 1. The van der Waals surface area contributed by atoms with Crippen LogP contribution in [0, 0.1) is 6.92 Å². The number of anilines is 1. The lowest BCUT2D eigenvalue weighted by Gasteiger charge is -2.36. The zero-order valence-corrected chi connectivity index (χ0v) is 12.7. The van der Waals surface area contributed by atoms with Gasteiger partial charge in [0.1, 0.15) is 5.75 Å². The molecule has 22 heavy (non-hydrogen) atoms. The highest BCUT2D eigenvalue weighted by molar-refractivity contribution is 5.95. The smallest absolute Gasteiger partial charge is 0.254 e. The molecule has 4 heteroatoms. The van der Waals surface area contributed by atoms with Gasteiger partial charge in [0.2, 0.25) is 0 Å². The fourth-order valence-corrected chi connectivity index (χ4v) is 2.88. The number of piperazine rings is 1. The number of carbonyl (C=O) groups excluding carboxylic acids is 1. The first-order valence-corrected chi connectivity index (χ1v) is 7.53. The van der Waals surface area contributed by atoms with Crippen molar-refractivity contribution >= 4 is 11.6 Å². The number of nitrogens with zero attached hydrogens (tertiary/aromatic N) is 2. The first kappa shape index (κ1) is 14.4. The molecule has 3 rings (SSSR count). The van der Waals surface area contributed by atoms with Gasteiger partial charge >= 0.3 is 0 Å². The van der Waals surface area contributed by atoms with Crippen molar-refractivity contribution in [2.45, 2.75) is 6.92 Å². The summed E-state index contributed by atoms with van der Waals surface area (Å²) >= 11 is 0. The van der Waals surface area contributed by atoms with E-state index in [1.54, 1.807) is 12.1 Å². The number of phenolic OH excluding ortho intramolecular Hbond substituents is 1. The fourth-order valence-electron chi connectivity index (χ4n) is 2.88. The molecule has 2 aromatic rings. The van der Waals surface area contributed by atoms with Crippen LogP contribution in [-0.4, -0.2) is 42.1 Å². The molecule has 1 amide bonds. The van der Waals surface area contributed by atoms with Crippen LogP contribution < -0.4 is 4.90 Å². The molecule has 1 heterocycles. The molecule has 1 aliphatic rings. The van der Waals surface area contributed by atoms with Crippen LogP contribution >= 0.6 is 0 Å². The Hall–Kier alpha value is -2.49. The van der Waals surface area contributed by atoms with Gasteiger partial charge in [-0.25, -0.2) is 0 Å². The van der Waals surface area contributed by atoms with E-state index in [-0.39, 0.29) is 11.7 Å². The van der Waals surface area contributed by atoms with Crippen LogP contribution in [0.2, 0.25) is 0 Å². The Kier molecular flexibility index (Phi) is 4.00. The summed E-state index contributed by atoms with van der Waals surface area (Å²) in [6, 6.07) is 15.3. The first-order chi connectivity index (χ1) is 10.6. The molecule has 0 radical (unpaired) electrons. The highest BCUT2D eigenvalue weighted by Crippen LogP contribution is 2.19. The lowest BCUT2D eigenvalue weighted by atomic mass is 10.1. The minimum Gasteiger partial charge on any atom is -0.508 e. The third-order valence-electron chi connectivity index (χ3n) is 4.00. The fraction of sp³-hybridized carbons (Fsp3) is 0.278. The van der Waals surface area contributed by atoms with Gasteiger partial charge < -0.3 is 14.9 Å². The van der Waals surface area contributed by atoms with Crippen molar-refractivity contribution in [2.75, 3.05) is 31.1 Å². The average Bonchev–Trinajstić information content (AvgIpc) is 2.54. The number of amides is 1. The number of para-hydroxylation sites is 1. The summed E-state index contributed by atoms with van der Waals surface area (Å²) in [5.41, 5.74) is 2.65. The molecule has 1 aliphatic heterocycles. The van der Waals surface area contributed by atoms with E-state index in [4.69, 9.17) is 0 Å². The quantitative estimate of drug-likeness (QED) is 0.926. The van der Waals surface area contributed by atoms with Gasteiger partial charge in [0.15, 0.2) is 0 Å². The van der Waals surface area contributed by atoms with E-state index in [2.05, 4.69) is 17.0 Å². The van der Waals surface area contributed by atoms with Crippen LogP contribution in [-0.2, 0) is 0 Å². The second-order valence-electron chi connectivity index (χ2n) is 5.67. The summed E-state index contributed by atoms with van der Waals surface area (Å²) in [7, 11) is 0. The third-order valence-corrected chi connectivity index (χ3v) is 4.00. The third kappa shape index (κ3) is 3.06. The van der Waals surface area contributed by atoms with Crippen molar-refractivity contribution in [3.63, 3.8) is 0 Å². The number of benzene rings is 2. The Morgan fingerprint density at radius 2 is 1.68 bits per heavy atom. The number of hydrogen-bond acceptors (Lipinski definition) is 3. The van der Waals surface area contributed by atoms with Crippen LogP contribution in [0.3, 0.4) is 0 Å². The normalized spacial score (nSPS) is 15.0. The number of hydrogen-bond donors (Lipinski definition) is 1. The van der Waals surface area contributed by atoms with Crippen LogP contribution in [0.4, 0.5) is 5.69 Å². The molecule has 0 unspecified atom stereocenters. The summed E-state index contributed by atoms with van der Waals surface area (Å²) in [6.45, 7) is 4.93. The van der Waals surface area contributed by atoms with Gasteiger partial charge in [-0.1, -0.05) is 18.2 Å². The maximum absolute atomic E-state index is 12.5. The second kappa shape index (κ2) is 6.10. The van der Waals surface area contributed by atoms with Crippen LogP contribution in [0.5, 0.6) is 5.75 Å². The van der Waals surface area contributed by atoms with E-state index in [0.29, 0.717) is 18.7 Å². The SMILES string of the molecule is Cc1cc(O)cc(C(=O)N2CCN(c3ccccc3)CC2)c1. The number of rotatable bonds is 2. The van der Waals surface area contributed by atoms with Crippen molar-refractivity contribution in [3.05, 3.63) is 59.7 Å². The zero-order chi connectivity index (χ0) is 15.5. The molecule has 0 bridgehead atoms. The van der Waals surface area contributed by atoms with E-state index in [0.717, 1.165) is 18.7 Å². The molecule has 0 aliphatic carbocycles. The summed E-state index contributed by atoms with van der Waals surface area (Å²) in [4.78, 5) is 16.7. The van der Waals surface area contributed by atoms with Crippen LogP contribution in [0.25, 0.3) is 0 Å². The molecule has 0 atom stereocenters. The Balaban J connectivity index is 1.67. The van der Waals surface area contributed by atoms with Gasteiger partial charge in [-0.3, -0.25) is 4.79 Å². The standard InChI is InChI=1S/C18H20N2O2/c1-14-11-15(13-17(21)12-14)18(22)20-9-7-19(8-10-20)16-5-3-2-4-6-16/h2-6,11-13,21H,7-10H2,1H3. The highest BCUT2D eigenvalue weighted by Gasteiger charge is 2.22. The Morgan fingerprint density at radius 1 is 1.00 bits per heavy atom. The minimum atomic E-state index is -0.00767. The van der Waals surface area contributed by atoms with Gasteiger partial charge in [0.05, 0.1) is 0 Å². The molecule has 114 valence electrons. The average molecular weight is 296 g/mol. The Morgan fingerprint density at radius 3 is 2.32 bits per heavy atom. The van der Waals surface area contributed by atoms with Crippen LogP contribution in [0.15, 0.2) is 48.5 Å². The molecule has 2 aromatic carbocycles. The van der Waals surface area contributed by atoms with Crippen molar-refractivity contribution in [3.8, 4) is 5.75 Å². The lowest BCUT2D eigenvalue weighted by Crippen LogP contribution is -2.48. The molecule has 0 aromatic heterocycles. The molecule has 1 N–H and O–H groups in total. The zero-order valence-electron chi connectivity index (χ0n) is 12.7. The number of phenols is 1. The van der Waals surface area contributed by atoms with E-state index in [9.17, 15) is 9.90 Å². The van der Waals surface area contributed by atoms with Gasteiger partial charge in [0.25, 0.3) is 5.91 Å². The molecule has 0 saturated carbocycles. The largest absolute Gasteiger partial charge is 0.508 e. The van der Waals surface area contributed by atoms with E-state index < -0.39 is 0 Å².